The molecule has 0 heterocycles. The van der Waals surface area contributed by atoms with Crippen LogP contribution in [0.4, 0.5) is 0 Å². The van der Waals surface area contributed by atoms with E-state index in [1.807, 2.05) is 24.3 Å². The normalized spacial score (nSPS) is 25.6. The highest BCUT2D eigenvalue weighted by atomic mass is 16.5. The van der Waals surface area contributed by atoms with E-state index >= 15 is 0 Å². The number of rotatable bonds is 5. The highest BCUT2D eigenvalue weighted by Gasteiger charge is 2.28. The van der Waals surface area contributed by atoms with Crippen LogP contribution in [-0.2, 0) is 0 Å². The minimum Gasteiger partial charge on any atom is -0.497 e. The molecule has 0 amide bonds. The molecule has 0 spiro atoms. The zero-order chi connectivity index (χ0) is 15.4. The van der Waals surface area contributed by atoms with Crippen LogP contribution in [0.1, 0.15) is 51.2 Å². The molecule has 1 aliphatic rings. The number of benzene rings is 1. The van der Waals surface area contributed by atoms with Crippen molar-refractivity contribution in [3.8, 4) is 5.75 Å². The van der Waals surface area contributed by atoms with E-state index in [9.17, 15) is 5.11 Å². The summed E-state index contributed by atoms with van der Waals surface area (Å²) in [7, 11) is 3.81. The van der Waals surface area contributed by atoms with Crippen LogP contribution in [0.3, 0.4) is 0 Å². The number of aliphatic hydroxyl groups is 1. The molecule has 0 saturated heterocycles. The largest absolute Gasteiger partial charge is 0.497 e. The second-order valence-electron chi connectivity index (χ2n) is 6.54. The first-order valence-corrected chi connectivity index (χ1v) is 8.07. The van der Waals surface area contributed by atoms with Crippen LogP contribution >= 0.6 is 0 Å². The summed E-state index contributed by atoms with van der Waals surface area (Å²) >= 11 is 0. The average molecular weight is 291 g/mol. The maximum Gasteiger partial charge on any atom is 0.118 e. The molecule has 2 rings (SSSR count). The molecule has 1 aromatic carbocycles. The molecule has 0 radical (unpaired) electrons. The molecule has 0 bridgehead atoms. The minimum absolute atomic E-state index is 0.122. The molecule has 1 saturated carbocycles. The number of hydrogen-bond donors (Lipinski definition) is 1. The fourth-order valence-corrected chi connectivity index (χ4v) is 3.28. The molecule has 1 fully saturated rings. The van der Waals surface area contributed by atoms with Crippen molar-refractivity contribution >= 4 is 0 Å². The van der Waals surface area contributed by atoms with Crippen molar-refractivity contribution in [3.05, 3.63) is 29.8 Å². The fraction of sp³-hybridized carbons (Fsp3) is 0.667. The van der Waals surface area contributed by atoms with Crippen LogP contribution in [0, 0.1) is 5.92 Å². The third kappa shape index (κ3) is 3.98. The molecular formula is C18H29NO2. The Labute approximate surface area is 128 Å². The Balaban J connectivity index is 1.98. The van der Waals surface area contributed by atoms with Gasteiger partial charge in [-0.3, -0.25) is 4.90 Å². The van der Waals surface area contributed by atoms with Crippen LogP contribution < -0.4 is 4.74 Å². The van der Waals surface area contributed by atoms with Gasteiger partial charge in [-0.25, -0.2) is 0 Å². The molecule has 1 aliphatic carbocycles. The van der Waals surface area contributed by atoms with Gasteiger partial charge in [0.1, 0.15) is 5.75 Å². The van der Waals surface area contributed by atoms with E-state index in [2.05, 4.69) is 25.8 Å². The number of ether oxygens (including phenoxy) is 1. The lowest BCUT2D eigenvalue weighted by atomic mass is 9.86. The molecule has 2 unspecified atom stereocenters. The van der Waals surface area contributed by atoms with Gasteiger partial charge >= 0.3 is 0 Å². The molecule has 1 N–H and O–H groups in total. The summed E-state index contributed by atoms with van der Waals surface area (Å²) in [5, 5.41) is 10.6. The fourth-order valence-electron chi connectivity index (χ4n) is 3.28. The summed E-state index contributed by atoms with van der Waals surface area (Å²) in [6.07, 6.45) is 4.65. The summed E-state index contributed by atoms with van der Waals surface area (Å²) in [5.41, 5.74) is 0.958. The molecule has 3 nitrogen and oxygen atoms in total. The van der Waals surface area contributed by atoms with Gasteiger partial charge in [-0.15, -0.1) is 0 Å². The summed E-state index contributed by atoms with van der Waals surface area (Å²) in [6.45, 7) is 4.46. The summed E-state index contributed by atoms with van der Waals surface area (Å²) in [4.78, 5) is 2.36. The van der Waals surface area contributed by atoms with Crippen molar-refractivity contribution < 1.29 is 9.84 Å². The third-order valence-electron chi connectivity index (χ3n) is 5.12. The van der Waals surface area contributed by atoms with Gasteiger partial charge in [-0.2, -0.15) is 0 Å². The lowest BCUT2D eigenvalue weighted by molar-refractivity contribution is 0.0348. The Hall–Kier alpha value is -1.06. The van der Waals surface area contributed by atoms with Crippen LogP contribution in [-0.4, -0.2) is 36.2 Å². The Morgan fingerprint density at radius 3 is 2.24 bits per heavy atom. The summed E-state index contributed by atoms with van der Waals surface area (Å²) < 4.78 is 5.17. The molecule has 3 heteroatoms. The van der Waals surface area contributed by atoms with Gasteiger partial charge in [-0.1, -0.05) is 19.1 Å². The zero-order valence-electron chi connectivity index (χ0n) is 13.7. The predicted octanol–water partition coefficient (Wildman–Crippen LogP) is 3.63. The first-order valence-electron chi connectivity index (χ1n) is 8.07. The minimum atomic E-state index is -0.458. The van der Waals surface area contributed by atoms with Gasteiger partial charge in [0.05, 0.1) is 13.2 Å². The first kappa shape index (κ1) is 16.3. The van der Waals surface area contributed by atoms with Gasteiger partial charge in [0.25, 0.3) is 0 Å². The highest BCUT2D eigenvalue weighted by Crippen LogP contribution is 2.30. The van der Waals surface area contributed by atoms with E-state index in [1.165, 1.54) is 25.7 Å². The van der Waals surface area contributed by atoms with Gasteiger partial charge in [-0.05, 0) is 63.3 Å². The van der Waals surface area contributed by atoms with Gasteiger partial charge in [0.15, 0.2) is 0 Å². The Bertz CT molecular complexity index is 423. The smallest absolute Gasteiger partial charge is 0.118 e. The summed E-state index contributed by atoms with van der Waals surface area (Å²) in [5.74, 6) is 1.68. The van der Waals surface area contributed by atoms with Crippen LogP contribution in [0.25, 0.3) is 0 Å². The van der Waals surface area contributed by atoms with Gasteiger partial charge < -0.3 is 9.84 Å². The number of aliphatic hydroxyl groups excluding tert-OH is 1. The van der Waals surface area contributed by atoms with Gasteiger partial charge in [0.2, 0.25) is 0 Å². The Morgan fingerprint density at radius 1 is 1.14 bits per heavy atom. The van der Waals surface area contributed by atoms with E-state index in [4.69, 9.17) is 4.74 Å². The van der Waals surface area contributed by atoms with E-state index in [0.717, 1.165) is 17.2 Å². The second kappa shape index (κ2) is 7.28. The number of methoxy groups -OCH3 is 1. The quantitative estimate of drug-likeness (QED) is 0.899. The molecule has 0 aromatic heterocycles. The first-order chi connectivity index (χ1) is 10.0. The van der Waals surface area contributed by atoms with Crippen molar-refractivity contribution in [2.75, 3.05) is 14.2 Å². The third-order valence-corrected chi connectivity index (χ3v) is 5.12. The van der Waals surface area contributed by atoms with Crippen LogP contribution in [0.15, 0.2) is 24.3 Å². The van der Waals surface area contributed by atoms with E-state index in [-0.39, 0.29) is 6.04 Å². The molecule has 0 aliphatic heterocycles. The van der Waals surface area contributed by atoms with Crippen molar-refractivity contribution in [1.29, 1.82) is 0 Å². The van der Waals surface area contributed by atoms with E-state index in [1.54, 1.807) is 7.11 Å². The molecule has 118 valence electrons. The zero-order valence-corrected chi connectivity index (χ0v) is 13.7. The molecule has 1 aromatic rings. The molecule has 2 atom stereocenters. The lowest BCUT2D eigenvalue weighted by Crippen LogP contribution is -2.43. The highest BCUT2D eigenvalue weighted by molar-refractivity contribution is 5.29. The Kier molecular flexibility index (Phi) is 5.65. The van der Waals surface area contributed by atoms with Crippen molar-refractivity contribution in [2.24, 2.45) is 5.92 Å². The SMILES string of the molecule is COc1ccc(C(O)C(C)N(C)C2CCC(C)CC2)cc1. The second-order valence-corrected chi connectivity index (χ2v) is 6.54. The van der Waals surface area contributed by atoms with E-state index in [0.29, 0.717) is 6.04 Å². The van der Waals surface area contributed by atoms with Gasteiger partial charge in [0, 0.05) is 12.1 Å². The van der Waals surface area contributed by atoms with Crippen LogP contribution in [0.5, 0.6) is 5.75 Å². The van der Waals surface area contributed by atoms with Crippen molar-refractivity contribution in [2.45, 2.75) is 57.7 Å². The number of hydrogen-bond acceptors (Lipinski definition) is 3. The standard InChI is InChI=1S/C18H29NO2/c1-13-5-9-16(10-6-13)19(3)14(2)18(20)15-7-11-17(21-4)12-8-15/h7-8,11-14,16,18,20H,5-6,9-10H2,1-4H3. The summed E-state index contributed by atoms with van der Waals surface area (Å²) in [6, 6.07) is 8.45. The molecule has 21 heavy (non-hydrogen) atoms. The van der Waals surface area contributed by atoms with E-state index < -0.39 is 6.10 Å². The Morgan fingerprint density at radius 2 is 1.71 bits per heavy atom. The number of likely N-dealkylation sites (N-methyl/N-ethyl adjacent to an activating group) is 1. The molecular weight excluding hydrogens is 262 g/mol. The van der Waals surface area contributed by atoms with Crippen LogP contribution in [0.2, 0.25) is 0 Å². The maximum atomic E-state index is 10.6. The monoisotopic (exact) mass is 291 g/mol. The maximum absolute atomic E-state index is 10.6. The predicted molar refractivity (Wildman–Crippen MR) is 86.6 cm³/mol. The number of nitrogens with zero attached hydrogens (tertiary/aromatic N) is 1. The lowest BCUT2D eigenvalue weighted by Gasteiger charge is -2.39. The van der Waals surface area contributed by atoms with Crippen molar-refractivity contribution in [3.63, 3.8) is 0 Å². The average Bonchev–Trinajstić information content (AvgIpc) is 2.53. The topological polar surface area (TPSA) is 32.7 Å². The van der Waals surface area contributed by atoms with Crippen molar-refractivity contribution in [1.82, 2.24) is 4.90 Å².